The number of esters is 2. The van der Waals surface area contributed by atoms with E-state index in [1.165, 1.54) is 26.4 Å². The van der Waals surface area contributed by atoms with Crippen molar-refractivity contribution in [2.24, 2.45) is 16.8 Å². The monoisotopic (exact) mass is 400 g/mol. The lowest BCUT2D eigenvalue weighted by molar-refractivity contribution is -0.148. The van der Waals surface area contributed by atoms with Crippen LogP contribution in [0.15, 0.2) is 29.3 Å². The summed E-state index contributed by atoms with van der Waals surface area (Å²) in [6, 6.07) is 5.62. The SMILES string of the molecule is CCC1=NC(=O)NC(c2ccc(C(=O)OC)cc2)C1C(=O)OCC1CCCCC1. The predicted molar refractivity (Wildman–Crippen MR) is 108 cm³/mol. The number of hydrogen-bond acceptors (Lipinski definition) is 5. The van der Waals surface area contributed by atoms with Gasteiger partial charge in [-0.1, -0.05) is 38.3 Å². The Bertz CT molecular complexity index is 781. The van der Waals surface area contributed by atoms with E-state index in [0.717, 1.165) is 12.8 Å². The molecule has 1 heterocycles. The van der Waals surface area contributed by atoms with Crippen LogP contribution in [0.3, 0.4) is 0 Å². The van der Waals surface area contributed by atoms with Crippen molar-refractivity contribution >= 4 is 23.7 Å². The molecular formula is C22H28N2O5. The Morgan fingerprint density at radius 2 is 1.83 bits per heavy atom. The third kappa shape index (κ3) is 5.02. The molecular weight excluding hydrogens is 372 g/mol. The van der Waals surface area contributed by atoms with Crippen LogP contribution in [0.4, 0.5) is 4.79 Å². The Labute approximate surface area is 170 Å². The number of amides is 2. The van der Waals surface area contributed by atoms with E-state index in [4.69, 9.17) is 9.47 Å². The van der Waals surface area contributed by atoms with Gasteiger partial charge in [0.1, 0.15) is 5.92 Å². The number of methoxy groups -OCH3 is 1. The first-order chi connectivity index (χ1) is 14.0. The molecule has 1 N–H and O–H groups in total. The van der Waals surface area contributed by atoms with E-state index >= 15 is 0 Å². The van der Waals surface area contributed by atoms with Gasteiger partial charge >= 0.3 is 18.0 Å². The smallest absolute Gasteiger partial charge is 0.341 e. The van der Waals surface area contributed by atoms with Gasteiger partial charge in [0.2, 0.25) is 0 Å². The topological polar surface area (TPSA) is 94.1 Å². The zero-order valence-corrected chi connectivity index (χ0v) is 17.0. The maximum Gasteiger partial charge on any atom is 0.341 e. The zero-order valence-electron chi connectivity index (χ0n) is 17.0. The Morgan fingerprint density at radius 1 is 1.14 bits per heavy atom. The zero-order chi connectivity index (χ0) is 20.8. The van der Waals surface area contributed by atoms with E-state index in [0.29, 0.717) is 35.8 Å². The standard InChI is InChI=1S/C22H28N2O5/c1-3-17-18(21(26)29-13-14-7-5-4-6-8-14)19(24-22(27)23-17)15-9-11-16(12-10-15)20(25)28-2/h9-12,14,18-19H,3-8,13H2,1-2H3,(H,24,27). The summed E-state index contributed by atoms with van der Waals surface area (Å²) in [7, 11) is 1.32. The number of ether oxygens (including phenoxy) is 2. The molecule has 0 aromatic heterocycles. The molecule has 0 radical (unpaired) electrons. The van der Waals surface area contributed by atoms with E-state index in [2.05, 4.69) is 10.3 Å². The fourth-order valence-corrected chi connectivity index (χ4v) is 4.08. The van der Waals surface area contributed by atoms with Gasteiger partial charge in [0.05, 0.1) is 25.3 Å². The highest BCUT2D eigenvalue weighted by atomic mass is 16.5. The summed E-state index contributed by atoms with van der Waals surface area (Å²) in [5, 5.41) is 2.79. The Hall–Kier alpha value is -2.70. The molecule has 29 heavy (non-hydrogen) atoms. The molecule has 2 aliphatic rings. The van der Waals surface area contributed by atoms with Gasteiger partial charge in [0, 0.05) is 5.71 Å². The van der Waals surface area contributed by atoms with Crippen molar-refractivity contribution in [2.45, 2.75) is 51.5 Å². The van der Waals surface area contributed by atoms with Gasteiger partial charge in [-0.3, -0.25) is 4.79 Å². The second-order valence-electron chi connectivity index (χ2n) is 7.61. The quantitative estimate of drug-likeness (QED) is 0.733. The second-order valence-corrected chi connectivity index (χ2v) is 7.61. The molecule has 1 aromatic rings. The van der Waals surface area contributed by atoms with Crippen LogP contribution in [-0.4, -0.2) is 37.4 Å². The van der Waals surface area contributed by atoms with E-state index in [1.807, 2.05) is 6.92 Å². The maximum atomic E-state index is 13.0. The van der Waals surface area contributed by atoms with Crippen molar-refractivity contribution in [1.29, 1.82) is 0 Å². The predicted octanol–water partition coefficient (Wildman–Crippen LogP) is 3.83. The van der Waals surface area contributed by atoms with Crippen LogP contribution in [0.1, 0.15) is 67.4 Å². The minimum Gasteiger partial charge on any atom is -0.465 e. The number of nitrogens with one attached hydrogen (secondary N) is 1. The highest BCUT2D eigenvalue weighted by molar-refractivity contribution is 6.09. The summed E-state index contributed by atoms with van der Waals surface area (Å²) < 4.78 is 10.4. The fraction of sp³-hybridized carbons (Fsp3) is 0.545. The molecule has 156 valence electrons. The number of carbonyl (C=O) groups excluding carboxylic acids is 3. The average Bonchev–Trinajstić information content (AvgIpc) is 2.77. The number of nitrogens with zero attached hydrogens (tertiary/aromatic N) is 1. The van der Waals surface area contributed by atoms with Gasteiger partial charge in [-0.05, 0) is 42.9 Å². The molecule has 0 bridgehead atoms. The fourth-order valence-electron chi connectivity index (χ4n) is 4.08. The molecule has 1 aromatic carbocycles. The molecule has 3 rings (SSSR count). The normalized spacial score (nSPS) is 22.4. The maximum absolute atomic E-state index is 13.0. The van der Waals surface area contributed by atoms with Crippen LogP contribution in [-0.2, 0) is 14.3 Å². The molecule has 2 amide bonds. The van der Waals surface area contributed by atoms with Gasteiger partial charge in [0.15, 0.2) is 0 Å². The third-order valence-corrected chi connectivity index (χ3v) is 5.71. The molecule has 1 fully saturated rings. The highest BCUT2D eigenvalue weighted by Crippen LogP contribution is 2.30. The first-order valence-corrected chi connectivity index (χ1v) is 10.3. The molecule has 7 heteroatoms. The summed E-state index contributed by atoms with van der Waals surface area (Å²) in [5.41, 5.74) is 1.63. The lowest BCUT2D eigenvalue weighted by atomic mass is 9.86. The number of rotatable bonds is 6. The highest BCUT2D eigenvalue weighted by Gasteiger charge is 2.39. The number of aliphatic imine (C=N–C) groups is 1. The first kappa shape index (κ1) is 21.0. The van der Waals surface area contributed by atoms with Crippen molar-refractivity contribution in [3.8, 4) is 0 Å². The van der Waals surface area contributed by atoms with Crippen molar-refractivity contribution in [1.82, 2.24) is 5.32 Å². The van der Waals surface area contributed by atoms with E-state index in [9.17, 15) is 14.4 Å². The van der Waals surface area contributed by atoms with Gasteiger partial charge in [0.25, 0.3) is 0 Å². The van der Waals surface area contributed by atoms with Crippen LogP contribution >= 0.6 is 0 Å². The van der Waals surface area contributed by atoms with Crippen molar-refractivity contribution in [3.63, 3.8) is 0 Å². The largest absolute Gasteiger partial charge is 0.465 e. The average molecular weight is 400 g/mol. The summed E-state index contributed by atoms with van der Waals surface area (Å²) in [5.74, 6) is -1.07. The van der Waals surface area contributed by atoms with E-state index in [1.54, 1.807) is 24.3 Å². The number of carbonyl (C=O) groups is 3. The van der Waals surface area contributed by atoms with Crippen LogP contribution in [0, 0.1) is 11.8 Å². The van der Waals surface area contributed by atoms with Crippen molar-refractivity contribution < 1.29 is 23.9 Å². The number of benzene rings is 1. The summed E-state index contributed by atoms with van der Waals surface area (Å²) >= 11 is 0. The van der Waals surface area contributed by atoms with Crippen LogP contribution in [0.2, 0.25) is 0 Å². The minimum absolute atomic E-state index is 0.363. The summed E-state index contributed by atoms with van der Waals surface area (Å²) in [6.45, 7) is 2.28. The first-order valence-electron chi connectivity index (χ1n) is 10.3. The summed E-state index contributed by atoms with van der Waals surface area (Å²) in [4.78, 5) is 40.8. The molecule has 2 unspecified atom stereocenters. The van der Waals surface area contributed by atoms with Gasteiger partial charge in [-0.25, -0.2) is 14.6 Å². The van der Waals surface area contributed by atoms with Gasteiger partial charge < -0.3 is 14.8 Å². The summed E-state index contributed by atoms with van der Waals surface area (Å²) in [6.07, 6.45) is 6.25. The molecule has 0 spiro atoms. The van der Waals surface area contributed by atoms with Gasteiger partial charge in [-0.15, -0.1) is 0 Å². The second kappa shape index (κ2) is 9.67. The van der Waals surface area contributed by atoms with Gasteiger partial charge in [-0.2, -0.15) is 0 Å². The van der Waals surface area contributed by atoms with Crippen molar-refractivity contribution in [2.75, 3.05) is 13.7 Å². The van der Waals surface area contributed by atoms with Crippen LogP contribution in [0.5, 0.6) is 0 Å². The number of hydrogen-bond donors (Lipinski definition) is 1. The molecule has 0 saturated heterocycles. The van der Waals surface area contributed by atoms with Crippen molar-refractivity contribution in [3.05, 3.63) is 35.4 Å². The molecule has 2 atom stereocenters. The Kier molecular flexibility index (Phi) is 7.01. The van der Waals surface area contributed by atoms with Crippen LogP contribution in [0.25, 0.3) is 0 Å². The Balaban J connectivity index is 1.79. The lowest BCUT2D eigenvalue weighted by Crippen LogP contribution is -2.45. The third-order valence-electron chi connectivity index (χ3n) is 5.71. The van der Waals surface area contributed by atoms with E-state index < -0.39 is 24.0 Å². The molecule has 1 aliphatic heterocycles. The molecule has 1 saturated carbocycles. The molecule has 1 aliphatic carbocycles. The molecule has 7 nitrogen and oxygen atoms in total. The lowest BCUT2D eigenvalue weighted by Gasteiger charge is -2.31. The number of urea groups is 1. The Morgan fingerprint density at radius 3 is 2.45 bits per heavy atom. The van der Waals surface area contributed by atoms with Crippen LogP contribution < -0.4 is 5.32 Å². The minimum atomic E-state index is -0.676. The van der Waals surface area contributed by atoms with E-state index in [-0.39, 0.29) is 5.97 Å².